The number of aromatic nitrogens is 1. The number of aliphatic hydroxyl groups excluding tert-OH is 1. The normalized spacial score (nSPS) is 24.3. The van der Waals surface area contributed by atoms with E-state index < -0.39 is 41.1 Å². The van der Waals surface area contributed by atoms with Crippen LogP contribution in [0.1, 0.15) is 34.0 Å². The number of carboxylic acids is 2. The number of rotatable bonds is 2. The van der Waals surface area contributed by atoms with Crippen molar-refractivity contribution in [3.63, 3.8) is 0 Å². The molecule has 188 valence electrons. The van der Waals surface area contributed by atoms with Gasteiger partial charge in [0.05, 0.1) is 11.8 Å². The summed E-state index contributed by atoms with van der Waals surface area (Å²) in [6.07, 6.45) is -5.29. The fourth-order valence-electron chi connectivity index (χ4n) is 4.77. The number of aromatic carboxylic acids is 1. The van der Waals surface area contributed by atoms with Crippen LogP contribution in [0, 0.1) is 11.8 Å². The number of hydrogen-bond acceptors (Lipinski definition) is 7. The average Bonchev–Trinajstić information content (AvgIpc) is 3.18. The molecule has 4 atom stereocenters. The summed E-state index contributed by atoms with van der Waals surface area (Å²) in [7, 11) is 0. The van der Waals surface area contributed by atoms with Crippen LogP contribution in [0.5, 0.6) is 5.75 Å². The third kappa shape index (κ3) is 4.44. The summed E-state index contributed by atoms with van der Waals surface area (Å²) in [6, 6.07) is 5.96. The van der Waals surface area contributed by atoms with Crippen LogP contribution in [0.15, 0.2) is 23.0 Å². The van der Waals surface area contributed by atoms with Gasteiger partial charge in [-0.2, -0.15) is 13.2 Å². The number of carboxylic acid groups (broad SMARTS) is 2. The number of hydrogen-bond donors (Lipinski definition) is 6. The van der Waals surface area contributed by atoms with Gasteiger partial charge in [-0.1, -0.05) is 6.07 Å². The molecule has 2 unspecified atom stereocenters. The zero-order valence-electron chi connectivity index (χ0n) is 18.0. The molecule has 7 N–H and O–H groups in total. The van der Waals surface area contributed by atoms with Gasteiger partial charge < -0.3 is 36.0 Å². The van der Waals surface area contributed by atoms with E-state index in [0.29, 0.717) is 46.7 Å². The summed E-state index contributed by atoms with van der Waals surface area (Å²) < 4.78 is 31.7. The van der Waals surface area contributed by atoms with Crippen molar-refractivity contribution in [2.75, 3.05) is 18.0 Å². The first kappa shape index (κ1) is 24.5. The van der Waals surface area contributed by atoms with E-state index in [4.69, 9.17) is 15.6 Å². The Hall–Kier alpha value is -3.58. The quantitative estimate of drug-likeness (QED) is 0.358. The van der Waals surface area contributed by atoms with Crippen molar-refractivity contribution in [2.45, 2.75) is 31.2 Å². The van der Waals surface area contributed by atoms with Crippen molar-refractivity contribution in [2.24, 2.45) is 17.6 Å². The topological polar surface area (TPSA) is 177 Å². The largest absolute Gasteiger partial charge is 0.506 e. The van der Waals surface area contributed by atoms with Crippen LogP contribution in [0.25, 0.3) is 11.3 Å². The summed E-state index contributed by atoms with van der Waals surface area (Å²) >= 11 is 0. The fraction of sp³-hybridized carbons (Fsp3) is 0.409. The smallest absolute Gasteiger partial charge is 0.490 e. The van der Waals surface area contributed by atoms with Gasteiger partial charge in [0.1, 0.15) is 5.75 Å². The lowest BCUT2D eigenvalue weighted by molar-refractivity contribution is -0.192. The second kappa shape index (κ2) is 8.57. The standard InChI is InChI=1S/C20H21N3O5.C2HF3O2/c21-16-12-6-23(7-13(12)16)8-1-2-9-11(5-8)14(24)4-3-10-17(9)22-19(26)15(18(10)25)20(27)28;3-2(4,5)1(6)7/h1-2,5,12-14,16,24H,3-4,6-7,21H2,(H,27,28)(H2,22,25,26);(H,6,7)/t12-,13+,14?,16?;. The third-order valence-corrected chi connectivity index (χ3v) is 6.70. The lowest BCUT2D eigenvalue weighted by Crippen LogP contribution is -2.28. The van der Waals surface area contributed by atoms with E-state index in [9.17, 15) is 38.1 Å². The van der Waals surface area contributed by atoms with Crippen LogP contribution < -0.4 is 16.2 Å². The number of aromatic amines is 1. The SMILES string of the molecule is NC1[C@H]2CN(c3ccc4c(c3)C(O)CCc3c-4[nH]c(=O)c(C(=O)O)c3O)C[C@@H]12.O=C(O)C(F)(F)F. The second-order valence-corrected chi connectivity index (χ2v) is 8.78. The molecule has 10 nitrogen and oxygen atoms in total. The van der Waals surface area contributed by atoms with Gasteiger partial charge in [-0.15, -0.1) is 0 Å². The molecule has 0 amide bonds. The van der Waals surface area contributed by atoms with Gasteiger partial charge in [0.2, 0.25) is 0 Å². The number of carbonyl (C=O) groups is 2. The number of aromatic hydroxyl groups is 1. The van der Waals surface area contributed by atoms with Crippen LogP contribution in [0.4, 0.5) is 18.9 Å². The number of benzene rings is 1. The predicted octanol–water partition coefficient (Wildman–Crippen LogP) is 1.45. The highest BCUT2D eigenvalue weighted by Crippen LogP contribution is 2.47. The van der Waals surface area contributed by atoms with Gasteiger partial charge in [-0.25, -0.2) is 9.59 Å². The molecule has 13 heteroatoms. The molecule has 1 saturated carbocycles. The molecule has 1 aromatic heterocycles. The van der Waals surface area contributed by atoms with Gasteiger partial charge in [-0.3, -0.25) is 4.79 Å². The molecule has 1 saturated heterocycles. The minimum absolute atomic E-state index is 0.256. The number of aliphatic carboxylic acids is 1. The zero-order chi connectivity index (χ0) is 25.8. The van der Waals surface area contributed by atoms with E-state index in [0.717, 1.165) is 18.8 Å². The first-order chi connectivity index (χ1) is 16.3. The highest BCUT2D eigenvalue weighted by molar-refractivity contribution is 5.92. The van der Waals surface area contributed by atoms with Gasteiger partial charge in [0.25, 0.3) is 5.56 Å². The van der Waals surface area contributed by atoms with E-state index in [2.05, 4.69) is 9.88 Å². The molecule has 2 aliphatic carbocycles. The number of H-pyrrole nitrogens is 1. The molecule has 0 bridgehead atoms. The van der Waals surface area contributed by atoms with Crippen LogP contribution in [-0.4, -0.2) is 62.7 Å². The number of pyridine rings is 1. The molecule has 2 heterocycles. The van der Waals surface area contributed by atoms with Gasteiger partial charge in [-0.05, 0) is 42.4 Å². The van der Waals surface area contributed by atoms with E-state index in [1.807, 2.05) is 18.2 Å². The van der Waals surface area contributed by atoms with Gasteiger partial charge in [0.15, 0.2) is 5.56 Å². The molecule has 5 rings (SSSR count). The highest BCUT2D eigenvalue weighted by atomic mass is 19.4. The van der Waals surface area contributed by atoms with E-state index in [1.54, 1.807) is 0 Å². The lowest BCUT2D eigenvalue weighted by Gasteiger charge is -2.24. The number of fused-ring (bicyclic) bond motifs is 4. The Morgan fingerprint density at radius 1 is 1.14 bits per heavy atom. The van der Waals surface area contributed by atoms with Crippen molar-refractivity contribution in [3.8, 4) is 17.0 Å². The minimum atomic E-state index is -5.08. The minimum Gasteiger partial charge on any atom is -0.506 e. The summed E-state index contributed by atoms with van der Waals surface area (Å²) in [6.45, 7) is 1.80. The van der Waals surface area contributed by atoms with Gasteiger partial charge in [0, 0.05) is 35.9 Å². The van der Waals surface area contributed by atoms with Crippen LogP contribution in [-0.2, 0) is 11.2 Å². The Labute approximate surface area is 195 Å². The molecule has 2 aromatic rings. The van der Waals surface area contributed by atoms with E-state index in [1.165, 1.54) is 0 Å². The van der Waals surface area contributed by atoms with Crippen molar-refractivity contribution in [3.05, 3.63) is 45.2 Å². The maximum Gasteiger partial charge on any atom is 0.490 e. The molecular formula is C22H22F3N3O7. The number of halogens is 3. The molecule has 3 aliphatic rings. The average molecular weight is 497 g/mol. The monoisotopic (exact) mass is 497 g/mol. The van der Waals surface area contributed by atoms with Crippen molar-refractivity contribution in [1.82, 2.24) is 4.98 Å². The Morgan fingerprint density at radius 2 is 1.74 bits per heavy atom. The fourth-order valence-corrected chi connectivity index (χ4v) is 4.77. The first-order valence-electron chi connectivity index (χ1n) is 10.7. The number of piperidine rings is 1. The van der Waals surface area contributed by atoms with Crippen LogP contribution in [0.3, 0.4) is 0 Å². The number of anilines is 1. The Morgan fingerprint density at radius 3 is 2.29 bits per heavy atom. The number of alkyl halides is 3. The van der Waals surface area contributed by atoms with Gasteiger partial charge >= 0.3 is 18.1 Å². The van der Waals surface area contributed by atoms with Crippen molar-refractivity contribution < 1.29 is 43.2 Å². The second-order valence-electron chi connectivity index (χ2n) is 8.78. The number of aliphatic hydroxyl groups is 1. The predicted molar refractivity (Wildman–Crippen MR) is 115 cm³/mol. The Balaban J connectivity index is 0.000000364. The van der Waals surface area contributed by atoms with Crippen molar-refractivity contribution in [1.29, 1.82) is 0 Å². The highest BCUT2D eigenvalue weighted by Gasteiger charge is 2.53. The maximum atomic E-state index is 12.2. The number of nitrogens with zero attached hydrogens (tertiary/aromatic N) is 1. The maximum absolute atomic E-state index is 12.2. The molecule has 0 spiro atoms. The first-order valence-corrected chi connectivity index (χ1v) is 10.7. The summed E-state index contributed by atoms with van der Waals surface area (Å²) in [5.74, 6) is -3.69. The molecular weight excluding hydrogens is 475 g/mol. The van der Waals surface area contributed by atoms with Crippen LogP contribution in [0.2, 0.25) is 0 Å². The lowest BCUT2D eigenvalue weighted by atomic mass is 9.98. The Bertz CT molecular complexity index is 1250. The molecule has 2 fully saturated rings. The zero-order valence-corrected chi connectivity index (χ0v) is 18.0. The van der Waals surface area contributed by atoms with E-state index in [-0.39, 0.29) is 6.42 Å². The number of nitrogens with one attached hydrogen (secondary N) is 1. The Kier molecular flexibility index (Phi) is 6.01. The molecule has 1 aromatic carbocycles. The summed E-state index contributed by atoms with van der Waals surface area (Å²) in [4.78, 5) is 37.3. The third-order valence-electron chi connectivity index (χ3n) is 6.70. The molecule has 1 aliphatic heterocycles. The summed E-state index contributed by atoms with van der Waals surface area (Å²) in [5, 5.41) is 37.4. The molecule has 0 radical (unpaired) electrons. The van der Waals surface area contributed by atoms with Crippen molar-refractivity contribution >= 4 is 17.6 Å². The van der Waals surface area contributed by atoms with Crippen LogP contribution >= 0.6 is 0 Å². The number of nitrogens with two attached hydrogens (primary N) is 1. The van der Waals surface area contributed by atoms with E-state index >= 15 is 0 Å². The summed E-state index contributed by atoms with van der Waals surface area (Å²) in [5.41, 5.74) is 7.47. The molecule has 35 heavy (non-hydrogen) atoms.